The summed E-state index contributed by atoms with van der Waals surface area (Å²) in [5.41, 5.74) is 11.9. The SMILES string of the molecule is CC.CCOC(=O)Cc1ccccc1OCc1cc(-c2cccc(CN)c2)c2oc(C3CCCC3)cc2c1. The Hall–Kier alpha value is -3.57. The van der Waals surface area contributed by atoms with Crippen LogP contribution in [0.1, 0.15) is 74.8 Å². The Morgan fingerprint density at radius 1 is 0.974 bits per heavy atom. The van der Waals surface area contributed by atoms with Crippen molar-refractivity contribution in [2.24, 2.45) is 5.73 Å². The average molecular weight is 514 g/mol. The van der Waals surface area contributed by atoms with E-state index in [9.17, 15) is 4.79 Å². The highest BCUT2D eigenvalue weighted by atomic mass is 16.5. The van der Waals surface area contributed by atoms with Crippen LogP contribution in [0.4, 0.5) is 0 Å². The second-order valence-corrected chi connectivity index (χ2v) is 9.47. The van der Waals surface area contributed by atoms with Crippen molar-refractivity contribution in [2.45, 2.75) is 71.9 Å². The normalized spacial score (nSPS) is 13.3. The lowest BCUT2D eigenvalue weighted by molar-refractivity contribution is -0.142. The molecule has 1 aliphatic carbocycles. The number of carbonyl (C=O) groups excluding carboxylic acids is 1. The number of esters is 1. The zero-order valence-corrected chi connectivity index (χ0v) is 22.8. The van der Waals surface area contributed by atoms with Crippen molar-refractivity contribution in [1.82, 2.24) is 0 Å². The van der Waals surface area contributed by atoms with Gasteiger partial charge in [-0.2, -0.15) is 0 Å². The van der Waals surface area contributed by atoms with Crippen molar-refractivity contribution in [3.8, 4) is 16.9 Å². The highest BCUT2D eigenvalue weighted by Gasteiger charge is 2.22. The third-order valence-electron chi connectivity index (χ3n) is 6.93. The summed E-state index contributed by atoms with van der Waals surface area (Å²) in [5.74, 6) is 2.01. The largest absolute Gasteiger partial charge is 0.489 e. The summed E-state index contributed by atoms with van der Waals surface area (Å²) < 4.78 is 17.9. The van der Waals surface area contributed by atoms with E-state index in [-0.39, 0.29) is 12.4 Å². The first kappa shape index (κ1) is 27.5. The van der Waals surface area contributed by atoms with Crippen LogP contribution >= 0.6 is 0 Å². The van der Waals surface area contributed by atoms with Crippen LogP contribution in [-0.2, 0) is 29.1 Å². The molecule has 5 heteroatoms. The predicted octanol–water partition coefficient (Wildman–Crippen LogP) is 7.93. The second kappa shape index (κ2) is 13.3. The Bertz CT molecular complexity index is 1350. The third kappa shape index (κ3) is 6.46. The second-order valence-electron chi connectivity index (χ2n) is 9.47. The summed E-state index contributed by atoms with van der Waals surface area (Å²) in [6, 6.07) is 22.5. The van der Waals surface area contributed by atoms with E-state index in [4.69, 9.17) is 19.6 Å². The molecule has 2 N–H and O–H groups in total. The predicted molar refractivity (Wildman–Crippen MR) is 153 cm³/mol. The van der Waals surface area contributed by atoms with Crippen molar-refractivity contribution in [3.05, 3.63) is 89.2 Å². The van der Waals surface area contributed by atoms with Crippen LogP contribution in [0.25, 0.3) is 22.1 Å². The standard InChI is InChI=1S/C31H33NO4.C2H6/c1-2-34-30(33)18-25-11-5-6-13-28(25)35-20-22-15-26-17-29(23-9-3-4-10-23)36-31(26)27(16-22)24-12-7-8-21(14-24)19-32;1-2/h5-8,11-17,23H,2-4,9-10,18-20,32H2,1H3;1-2H3. The van der Waals surface area contributed by atoms with Crippen molar-refractivity contribution >= 4 is 16.9 Å². The van der Waals surface area contributed by atoms with Crippen LogP contribution in [0.3, 0.4) is 0 Å². The molecule has 0 radical (unpaired) electrons. The summed E-state index contributed by atoms with van der Waals surface area (Å²) >= 11 is 0. The maximum absolute atomic E-state index is 12.1. The summed E-state index contributed by atoms with van der Waals surface area (Å²) in [6.07, 6.45) is 5.08. The topological polar surface area (TPSA) is 74.7 Å². The quantitative estimate of drug-likeness (QED) is 0.230. The Balaban J connectivity index is 0.00000164. The molecule has 0 atom stereocenters. The first-order valence-corrected chi connectivity index (χ1v) is 13.9. The summed E-state index contributed by atoms with van der Waals surface area (Å²) in [6.45, 7) is 7.04. The van der Waals surface area contributed by atoms with Gasteiger partial charge in [0.05, 0.1) is 13.0 Å². The lowest BCUT2D eigenvalue weighted by atomic mass is 9.98. The molecule has 0 bridgehead atoms. The number of hydrogen-bond donors (Lipinski definition) is 1. The van der Waals surface area contributed by atoms with Gasteiger partial charge in [0, 0.05) is 29.0 Å². The molecule has 0 aliphatic heterocycles. The fourth-order valence-corrected chi connectivity index (χ4v) is 5.13. The number of para-hydroxylation sites is 1. The average Bonchev–Trinajstić information content (AvgIpc) is 3.64. The van der Waals surface area contributed by atoms with Crippen molar-refractivity contribution in [3.63, 3.8) is 0 Å². The van der Waals surface area contributed by atoms with Crippen LogP contribution in [0.2, 0.25) is 0 Å². The lowest BCUT2D eigenvalue weighted by Crippen LogP contribution is -2.09. The maximum Gasteiger partial charge on any atom is 0.310 e. The number of nitrogens with two attached hydrogens (primary N) is 1. The Morgan fingerprint density at radius 2 is 1.76 bits per heavy atom. The first-order valence-electron chi connectivity index (χ1n) is 13.9. The van der Waals surface area contributed by atoms with Gasteiger partial charge in [0.1, 0.15) is 23.7 Å². The molecule has 1 saturated carbocycles. The fraction of sp³-hybridized carbons (Fsp3) is 0.364. The Labute approximate surface area is 225 Å². The molecule has 1 heterocycles. The Kier molecular flexibility index (Phi) is 9.61. The van der Waals surface area contributed by atoms with Gasteiger partial charge in [-0.15, -0.1) is 0 Å². The molecule has 1 aromatic heterocycles. The molecule has 0 spiro atoms. The number of benzene rings is 3. The molecule has 38 heavy (non-hydrogen) atoms. The van der Waals surface area contributed by atoms with Gasteiger partial charge in [0.25, 0.3) is 0 Å². The van der Waals surface area contributed by atoms with E-state index in [0.717, 1.165) is 44.5 Å². The van der Waals surface area contributed by atoms with Crippen LogP contribution in [0, 0.1) is 0 Å². The van der Waals surface area contributed by atoms with E-state index < -0.39 is 0 Å². The zero-order chi connectivity index (χ0) is 26.9. The molecule has 5 rings (SSSR count). The van der Waals surface area contributed by atoms with Crippen molar-refractivity contribution in [1.29, 1.82) is 0 Å². The van der Waals surface area contributed by atoms with Gasteiger partial charge in [-0.1, -0.05) is 63.1 Å². The van der Waals surface area contributed by atoms with Gasteiger partial charge in [-0.05, 0) is 66.8 Å². The smallest absolute Gasteiger partial charge is 0.310 e. The number of ether oxygens (including phenoxy) is 2. The number of hydrogen-bond acceptors (Lipinski definition) is 5. The van der Waals surface area contributed by atoms with Gasteiger partial charge in [-0.3, -0.25) is 4.79 Å². The van der Waals surface area contributed by atoms with Gasteiger partial charge >= 0.3 is 5.97 Å². The monoisotopic (exact) mass is 513 g/mol. The van der Waals surface area contributed by atoms with Crippen LogP contribution in [-0.4, -0.2) is 12.6 Å². The van der Waals surface area contributed by atoms with Crippen LogP contribution < -0.4 is 10.5 Å². The minimum absolute atomic E-state index is 0.187. The Morgan fingerprint density at radius 3 is 2.53 bits per heavy atom. The molecule has 0 saturated heterocycles. The fourth-order valence-electron chi connectivity index (χ4n) is 5.13. The molecular weight excluding hydrogens is 474 g/mol. The van der Waals surface area contributed by atoms with Gasteiger partial charge in [0.2, 0.25) is 0 Å². The number of fused-ring (bicyclic) bond motifs is 1. The minimum Gasteiger partial charge on any atom is -0.489 e. The maximum atomic E-state index is 12.1. The molecule has 4 aromatic rings. The number of furan rings is 1. The molecular formula is C33H39NO4. The van der Waals surface area contributed by atoms with Crippen molar-refractivity contribution < 1.29 is 18.7 Å². The zero-order valence-electron chi connectivity index (χ0n) is 22.8. The van der Waals surface area contributed by atoms with E-state index in [1.54, 1.807) is 0 Å². The van der Waals surface area contributed by atoms with Crippen LogP contribution in [0.15, 0.2) is 71.1 Å². The van der Waals surface area contributed by atoms with E-state index in [1.165, 1.54) is 25.7 Å². The molecule has 0 unspecified atom stereocenters. The highest BCUT2D eigenvalue weighted by Crippen LogP contribution is 2.40. The van der Waals surface area contributed by atoms with Gasteiger partial charge in [0.15, 0.2) is 0 Å². The van der Waals surface area contributed by atoms with E-state index >= 15 is 0 Å². The minimum atomic E-state index is -0.255. The summed E-state index contributed by atoms with van der Waals surface area (Å²) in [5, 5.41) is 1.09. The number of rotatable bonds is 9. The third-order valence-corrected chi connectivity index (χ3v) is 6.93. The molecule has 0 amide bonds. The van der Waals surface area contributed by atoms with Gasteiger partial charge in [-0.25, -0.2) is 0 Å². The van der Waals surface area contributed by atoms with E-state index in [1.807, 2.05) is 57.2 Å². The van der Waals surface area contributed by atoms with E-state index in [2.05, 4.69) is 30.3 Å². The molecule has 200 valence electrons. The van der Waals surface area contributed by atoms with E-state index in [0.29, 0.717) is 31.4 Å². The summed E-state index contributed by atoms with van der Waals surface area (Å²) in [4.78, 5) is 12.1. The molecule has 1 fully saturated rings. The lowest BCUT2D eigenvalue weighted by Gasteiger charge is -2.13. The molecule has 5 nitrogen and oxygen atoms in total. The summed E-state index contributed by atoms with van der Waals surface area (Å²) in [7, 11) is 0. The number of carbonyl (C=O) groups is 1. The van der Waals surface area contributed by atoms with Crippen LogP contribution in [0.5, 0.6) is 5.75 Å². The van der Waals surface area contributed by atoms with Gasteiger partial charge < -0.3 is 19.6 Å². The molecule has 1 aliphatic rings. The highest BCUT2D eigenvalue weighted by molar-refractivity contribution is 5.93. The first-order chi connectivity index (χ1) is 18.6. The molecule has 3 aromatic carbocycles. The van der Waals surface area contributed by atoms with Crippen molar-refractivity contribution in [2.75, 3.05) is 6.61 Å².